The van der Waals surface area contributed by atoms with Gasteiger partial charge in [0.15, 0.2) is 5.96 Å². The maximum Gasteiger partial charge on any atom is 0.341 e. The Balaban J connectivity index is 0.00000420. The van der Waals surface area contributed by atoms with Crippen LogP contribution < -0.4 is 15.4 Å². The first-order valence-corrected chi connectivity index (χ1v) is 9.43. The predicted octanol–water partition coefficient (Wildman–Crippen LogP) is 4.00. The normalized spacial score (nSPS) is 10.9. The Morgan fingerprint density at radius 1 is 1.21 bits per heavy atom. The molecule has 29 heavy (non-hydrogen) atoms. The summed E-state index contributed by atoms with van der Waals surface area (Å²) in [4.78, 5) is 16.3. The number of guanidine groups is 1. The fourth-order valence-electron chi connectivity index (χ4n) is 2.56. The predicted molar refractivity (Wildman–Crippen MR) is 127 cm³/mol. The number of methoxy groups -OCH3 is 2. The van der Waals surface area contributed by atoms with Gasteiger partial charge in [-0.3, -0.25) is 0 Å². The van der Waals surface area contributed by atoms with Crippen molar-refractivity contribution in [3.63, 3.8) is 0 Å². The van der Waals surface area contributed by atoms with Crippen LogP contribution in [0.4, 0.5) is 0 Å². The highest BCUT2D eigenvalue weighted by Gasteiger charge is 2.13. The SMILES string of the molecule is CCNC(=NCc1ccc(C(=O)OC)c(OC)c1)NCc1cc(Cl)c(Cl)n1C.I. The number of hydrogen-bond donors (Lipinski definition) is 2. The maximum atomic E-state index is 11.8. The summed E-state index contributed by atoms with van der Waals surface area (Å²) in [7, 11) is 4.70. The van der Waals surface area contributed by atoms with Gasteiger partial charge in [0.1, 0.15) is 16.5 Å². The van der Waals surface area contributed by atoms with Crippen molar-refractivity contribution >= 4 is 59.1 Å². The number of carbonyl (C=O) groups excluding carboxylic acids is 1. The van der Waals surface area contributed by atoms with Crippen molar-refractivity contribution in [3.8, 4) is 5.75 Å². The van der Waals surface area contributed by atoms with Gasteiger partial charge >= 0.3 is 5.97 Å². The van der Waals surface area contributed by atoms with E-state index in [-0.39, 0.29) is 24.0 Å². The minimum Gasteiger partial charge on any atom is -0.496 e. The summed E-state index contributed by atoms with van der Waals surface area (Å²) in [5.74, 6) is 0.652. The van der Waals surface area contributed by atoms with Gasteiger partial charge in [0.25, 0.3) is 0 Å². The molecule has 1 aromatic carbocycles. The number of carbonyl (C=O) groups is 1. The molecule has 0 aliphatic carbocycles. The van der Waals surface area contributed by atoms with Crippen molar-refractivity contribution in [3.05, 3.63) is 51.3 Å². The number of nitrogens with one attached hydrogen (secondary N) is 2. The first kappa shape index (κ1) is 25.4. The van der Waals surface area contributed by atoms with Crippen molar-refractivity contribution in [2.24, 2.45) is 12.0 Å². The summed E-state index contributed by atoms with van der Waals surface area (Å²) >= 11 is 12.2. The molecule has 0 bridgehead atoms. The first-order valence-electron chi connectivity index (χ1n) is 8.68. The molecular weight excluding hydrogens is 530 g/mol. The van der Waals surface area contributed by atoms with Crippen LogP contribution in [0.15, 0.2) is 29.3 Å². The molecule has 2 rings (SSSR count). The Bertz CT molecular complexity index is 871. The summed E-state index contributed by atoms with van der Waals surface area (Å²) in [6.45, 7) is 3.62. The lowest BCUT2D eigenvalue weighted by Crippen LogP contribution is -2.37. The van der Waals surface area contributed by atoms with Gasteiger partial charge in [-0.2, -0.15) is 0 Å². The van der Waals surface area contributed by atoms with Gasteiger partial charge in [-0.15, -0.1) is 24.0 Å². The smallest absolute Gasteiger partial charge is 0.341 e. The third-order valence-corrected chi connectivity index (χ3v) is 4.93. The molecule has 0 aliphatic heterocycles. The second-order valence-corrected chi connectivity index (χ2v) is 6.67. The van der Waals surface area contributed by atoms with Crippen LogP contribution in [0.25, 0.3) is 0 Å². The van der Waals surface area contributed by atoms with E-state index in [9.17, 15) is 4.79 Å². The number of rotatable bonds is 7. The van der Waals surface area contributed by atoms with Crippen molar-refractivity contribution in [2.75, 3.05) is 20.8 Å². The molecule has 7 nitrogen and oxygen atoms in total. The van der Waals surface area contributed by atoms with Gasteiger partial charge in [0.05, 0.1) is 32.3 Å². The summed E-state index contributed by atoms with van der Waals surface area (Å²) in [5.41, 5.74) is 2.21. The highest BCUT2D eigenvalue weighted by Crippen LogP contribution is 2.25. The quantitative estimate of drug-likeness (QED) is 0.234. The van der Waals surface area contributed by atoms with Gasteiger partial charge in [0.2, 0.25) is 0 Å². The fourth-order valence-corrected chi connectivity index (χ4v) is 2.97. The first-order chi connectivity index (χ1) is 13.4. The van der Waals surface area contributed by atoms with Gasteiger partial charge in [-0.1, -0.05) is 29.3 Å². The molecule has 1 aromatic heterocycles. The lowest BCUT2D eigenvalue weighted by Gasteiger charge is -2.12. The molecule has 0 saturated carbocycles. The van der Waals surface area contributed by atoms with E-state index in [1.165, 1.54) is 14.2 Å². The van der Waals surface area contributed by atoms with E-state index in [4.69, 9.17) is 32.7 Å². The minimum absolute atomic E-state index is 0. The summed E-state index contributed by atoms with van der Waals surface area (Å²) in [6, 6.07) is 7.08. The largest absolute Gasteiger partial charge is 0.496 e. The van der Waals surface area contributed by atoms with Crippen LogP contribution in [0.3, 0.4) is 0 Å². The lowest BCUT2D eigenvalue weighted by molar-refractivity contribution is 0.0597. The third kappa shape index (κ3) is 6.68. The summed E-state index contributed by atoms with van der Waals surface area (Å²) in [5, 5.41) is 7.45. The van der Waals surface area contributed by atoms with Gasteiger partial charge < -0.3 is 24.7 Å². The highest BCUT2D eigenvalue weighted by atomic mass is 127. The molecule has 1 heterocycles. The topological polar surface area (TPSA) is 76.9 Å². The van der Waals surface area contributed by atoms with Crippen LogP contribution in [0, 0.1) is 0 Å². The molecule has 0 unspecified atom stereocenters. The van der Waals surface area contributed by atoms with Crippen LogP contribution in [0.5, 0.6) is 5.75 Å². The molecule has 0 aliphatic rings. The van der Waals surface area contributed by atoms with Crippen LogP contribution in [0.1, 0.15) is 28.5 Å². The second kappa shape index (κ2) is 12.1. The van der Waals surface area contributed by atoms with Crippen molar-refractivity contribution in [1.82, 2.24) is 15.2 Å². The molecule has 0 spiro atoms. The van der Waals surface area contributed by atoms with Crippen LogP contribution >= 0.6 is 47.2 Å². The van der Waals surface area contributed by atoms with Crippen molar-refractivity contribution < 1.29 is 14.3 Å². The zero-order valence-corrected chi connectivity index (χ0v) is 20.6. The zero-order chi connectivity index (χ0) is 20.7. The Hall–Kier alpha value is -1.65. The second-order valence-electron chi connectivity index (χ2n) is 5.91. The standard InChI is InChI=1S/C19H24Cl2N4O3.HI/c1-5-22-19(24-11-13-9-15(20)17(21)25(13)2)23-10-12-6-7-14(18(26)28-4)16(8-12)27-3;/h6-9H,5,10-11H2,1-4H3,(H2,22,23,24);1H. The van der Waals surface area contributed by atoms with Crippen LogP contribution in [-0.2, 0) is 24.9 Å². The molecular formula is C19H25Cl2IN4O3. The fraction of sp³-hybridized carbons (Fsp3) is 0.368. The average Bonchev–Trinajstić information content (AvgIpc) is 2.95. The Labute approximate surface area is 197 Å². The highest BCUT2D eigenvalue weighted by molar-refractivity contribution is 14.0. The number of aliphatic imine (C=N–C) groups is 1. The summed E-state index contributed by atoms with van der Waals surface area (Å²) in [6.07, 6.45) is 0. The lowest BCUT2D eigenvalue weighted by atomic mass is 10.1. The zero-order valence-electron chi connectivity index (χ0n) is 16.7. The number of aromatic nitrogens is 1. The number of esters is 1. The number of nitrogens with zero attached hydrogens (tertiary/aromatic N) is 2. The third-order valence-electron chi connectivity index (χ3n) is 4.09. The molecule has 10 heteroatoms. The van der Waals surface area contributed by atoms with E-state index in [0.717, 1.165) is 11.3 Å². The van der Waals surface area contributed by atoms with Crippen molar-refractivity contribution in [1.29, 1.82) is 0 Å². The number of benzene rings is 1. The Kier molecular flexibility index (Phi) is 10.6. The van der Waals surface area contributed by atoms with E-state index >= 15 is 0 Å². The Morgan fingerprint density at radius 3 is 2.48 bits per heavy atom. The molecule has 0 amide bonds. The molecule has 0 atom stereocenters. The summed E-state index contributed by atoms with van der Waals surface area (Å²) < 4.78 is 11.9. The van der Waals surface area contributed by atoms with E-state index in [2.05, 4.69) is 15.6 Å². The van der Waals surface area contributed by atoms with Crippen LogP contribution in [-0.4, -0.2) is 37.3 Å². The van der Waals surface area contributed by atoms with Gasteiger partial charge in [0, 0.05) is 19.3 Å². The Morgan fingerprint density at radius 2 is 1.93 bits per heavy atom. The minimum atomic E-state index is -0.443. The van der Waals surface area contributed by atoms with Gasteiger partial charge in [-0.05, 0) is 30.7 Å². The van der Waals surface area contributed by atoms with Gasteiger partial charge in [-0.25, -0.2) is 9.79 Å². The molecule has 160 valence electrons. The molecule has 0 saturated heterocycles. The monoisotopic (exact) mass is 554 g/mol. The number of halogens is 3. The van der Waals surface area contributed by atoms with Crippen molar-refractivity contribution in [2.45, 2.75) is 20.0 Å². The average molecular weight is 555 g/mol. The van der Waals surface area contributed by atoms with Crippen LogP contribution in [0.2, 0.25) is 10.2 Å². The number of hydrogen-bond acceptors (Lipinski definition) is 4. The maximum absolute atomic E-state index is 11.8. The molecule has 0 fully saturated rings. The van der Waals surface area contributed by atoms with E-state index < -0.39 is 5.97 Å². The molecule has 2 N–H and O–H groups in total. The number of ether oxygens (including phenoxy) is 2. The van der Waals surface area contributed by atoms with E-state index in [0.29, 0.717) is 47.1 Å². The molecule has 0 radical (unpaired) electrons. The van der Waals surface area contributed by atoms with E-state index in [1.807, 2.05) is 30.7 Å². The van der Waals surface area contributed by atoms with E-state index in [1.54, 1.807) is 12.1 Å². The molecule has 2 aromatic rings.